The summed E-state index contributed by atoms with van der Waals surface area (Å²) < 4.78 is 15.8. The van der Waals surface area contributed by atoms with Crippen molar-refractivity contribution in [2.24, 2.45) is 0 Å². The molecule has 0 aliphatic rings. The second-order valence-electron chi connectivity index (χ2n) is 8.06. The van der Waals surface area contributed by atoms with Crippen LogP contribution in [0.5, 0.6) is 5.75 Å². The number of amides is 1. The number of carboxylic acid groups (broad SMARTS) is 1. The highest BCUT2D eigenvalue weighted by Crippen LogP contribution is 2.35. The summed E-state index contributed by atoms with van der Waals surface area (Å²) in [7, 11) is 0. The fourth-order valence-electron chi connectivity index (χ4n) is 2.93. The first-order valence-electron chi connectivity index (χ1n) is 9.70. The molecule has 2 aromatic carbocycles. The maximum absolute atomic E-state index is 12.2. The highest BCUT2D eigenvalue weighted by molar-refractivity contribution is 6.34. The first kappa shape index (κ1) is 23.1. The summed E-state index contributed by atoms with van der Waals surface area (Å²) in [6.07, 6.45) is -1.68. The van der Waals surface area contributed by atoms with Gasteiger partial charge in [-0.2, -0.15) is 0 Å². The van der Waals surface area contributed by atoms with Crippen LogP contribution in [0.25, 0.3) is 22.1 Å². The van der Waals surface area contributed by atoms with Gasteiger partial charge in [-0.3, -0.25) is 5.32 Å². The number of nitrogens with one attached hydrogen (secondary N) is 1. The summed E-state index contributed by atoms with van der Waals surface area (Å²) >= 11 is 6.45. The first-order chi connectivity index (χ1) is 14.9. The normalized spacial score (nSPS) is 12.3. The Hall–Kier alpha value is -3.52. The van der Waals surface area contributed by atoms with Crippen molar-refractivity contribution in [1.29, 1.82) is 0 Å². The number of hydrogen-bond acceptors (Lipinski definition) is 6. The predicted octanol–water partition coefficient (Wildman–Crippen LogP) is 5.31. The van der Waals surface area contributed by atoms with Gasteiger partial charge >= 0.3 is 17.7 Å². The van der Waals surface area contributed by atoms with Crippen molar-refractivity contribution in [3.8, 4) is 16.9 Å². The van der Waals surface area contributed by atoms with Gasteiger partial charge in [-0.1, -0.05) is 17.7 Å². The Balaban J connectivity index is 1.95. The summed E-state index contributed by atoms with van der Waals surface area (Å²) in [6, 6.07) is 10.8. The average Bonchev–Trinajstić information content (AvgIpc) is 2.65. The Morgan fingerprint density at radius 1 is 1.09 bits per heavy atom. The molecule has 1 aromatic heterocycles. The summed E-state index contributed by atoms with van der Waals surface area (Å²) in [6.45, 7) is 6.67. The van der Waals surface area contributed by atoms with Crippen LogP contribution in [0.15, 0.2) is 51.7 Å². The largest absolute Gasteiger partial charge is 0.479 e. The lowest BCUT2D eigenvalue weighted by atomic mass is 10.0. The van der Waals surface area contributed by atoms with E-state index in [4.69, 9.17) is 30.6 Å². The van der Waals surface area contributed by atoms with Crippen LogP contribution in [-0.2, 0) is 9.53 Å². The van der Waals surface area contributed by atoms with E-state index in [1.54, 1.807) is 51.1 Å². The van der Waals surface area contributed by atoms with Crippen molar-refractivity contribution in [2.75, 3.05) is 5.32 Å². The molecule has 9 heteroatoms. The number of carbonyl (C=O) groups excluding carboxylic acids is 1. The Morgan fingerprint density at radius 3 is 2.44 bits per heavy atom. The number of halogens is 1. The van der Waals surface area contributed by atoms with E-state index in [-0.39, 0.29) is 11.3 Å². The molecule has 3 rings (SSSR count). The molecular formula is C23H22ClNO7. The van der Waals surface area contributed by atoms with Crippen molar-refractivity contribution in [1.82, 2.24) is 0 Å². The zero-order valence-electron chi connectivity index (χ0n) is 17.9. The maximum atomic E-state index is 12.2. The van der Waals surface area contributed by atoms with Crippen LogP contribution < -0.4 is 15.7 Å². The van der Waals surface area contributed by atoms with Gasteiger partial charge in [0.2, 0.25) is 0 Å². The molecule has 0 bridgehead atoms. The molecule has 0 saturated carbocycles. The van der Waals surface area contributed by atoms with Crippen molar-refractivity contribution in [2.45, 2.75) is 39.4 Å². The van der Waals surface area contributed by atoms with Gasteiger partial charge in [0.15, 0.2) is 6.10 Å². The minimum Gasteiger partial charge on any atom is -0.479 e. The van der Waals surface area contributed by atoms with E-state index in [0.29, 0.717) is 27.2 Å². The van der Waals surface area contributed by atoms with Gasteiger partial charge in [0, 0.05) is 34.3 Å². The average molecular weight is 460 g/mol. The van der Waals surface area contributed by atoms with E-state index < -0.39 is 29.4 Å². The molecule has 8 nitrogen and oxygen atoms in total. The fraction of sp³-hybridized carbons (Fsp3) is 0.261. The topological polar surface area (TPSA) is 115 Å². The van der Waals surface area contributed by atoms with Crippen LogP contribution in [0.3, 0.4) is 0 Å². The van der Waals surface area contributed by atoms with Gasteiger partial charge in [-0.15, -0.1) is 0 Å². The summed E-state index contributed by atoms with van der Waals surface area (Å²) in [5.41, 5.74) is 0.460. The molecule has 1 heterocycles. The Kier molecular flexibility index (Phi) is 6.45. The number of aliphatic carboxylic acids is 1. The molecule has 32 heavy (non-hydrogen) atoms. The standard InChI is InChI=1S/C23H22ClNO7/c1-12(21(27)28)30-14-6-8-16-17(11-20(26)31-19(16)10-14)15-7-5-13(9-18(15)24)25-22(29)32-23(2,3)4/h5-12H,1-4H3,(H,25,29)(H,27,28)/t12-/m1/s1. The molecule has 0 aliphatic carbocycles. The SMILES string of the molecule is C[C@@H](Oc1ccc2c(-c3ccc(NC(=O)OC(C)(C)C)cc3Cl)cc(=O)oc2c1)C(=O)O. The fourth-order valence-corrected chi connectivity index (χ4v) is 3.21. The summed E-state index contributed by atoms with van der Waals surface area (Å²) in [4.78, 5) is 35.2. The number of anilines is 1. The number of benzene rings is 2. The highest BCUT2D eigenvalue weighted by atomic mass is 35.5. The minimum atomic E-state index is -1.12. The van der Waals surface area contributed by atoms with Crippen LogP contribution in [0, 0.1) is 0 Å². The molecule has 3 aromatic rings. The Morgan fingerprint density at radius 2 is 1.81 bits per heavy atom. The van der Waals surface area contributed by atoms with Crippen LogP contribution in [0.4, 0.5) is 10.5 Å². The smallest absolute Gasteiger partial charge is 0.412 e. The van der Waals surface area contributed by atoms with Crippen LogP contribution >= 0.6 is 11.6 Å². The monoisotopic (exact) mass is 459 g/mol. The first-order valence-corrected chi connectivity index (χ1v) is 10.1. The van der Waals surface area contributed by atoms with Gasteiger partial charge < -0.3 is 19.0 Å². The van der Waals surface area contributed by atoms with E-state index in [1.165, 1.54) is 19.1 Å². The van der Waals surface area contributed by atoms with Gasteiger partial charge in [-0.25, -0.2) is 14.4 Å². The number of rotatable bonds is 5. The second kappa shape index (κ2) is 8.92. The van der Waals surface area contributed by atoms with Crippen LogP contribution in [-0.4, -0.2) is 28.9 Å². The number of ether oxygens (including phenoxy) is 2. The molecule has 0 aliphatic heterocycles. The lowest BCUT2D eigenvalue weighted by Gasteiger charge is -2.20. The van der Waals surface area contributed by atoms with Gasteiger partial charge in [0.05, 0.1) is 5.02 Å². The molecular weight excluding hydrogens is 438 g/mol. The number of hydrogen-bond donors (Lipinski definition) is 2. The molecule has 0 radical (unpaired) electrons. The lowest BCUT2D eigenvalue weighted by Crippen LogP contribution is -2.27. The van der Waals surface area contributed by atoms with Crippen LogP contribution in [0.1, 0.15) is 27.7 Å². The van der Waals surface area contributed by atoms with Crippen molar-refractivity contribution < 1.29 is 28.6 Å². The van der Waals surface area contributed by atoms with Crippen LogP contribution in [0.2, 0.25) is 5.02 Å². The number of carboxylic acids is 1. The Labute approximate surface area is 188 Å². The zero-order valence-corrected chi connectivity index (χ0v) is 18.6. The molecule has 0 fully saturated rings. The highest BCUT2D eigenvalue weighted by Gasteiger charge is 2.18. The third kappa shape index (κ3) is 5.59. The molecule has 1 amide bonds. The summed E-state index contributed by atoms with van der Waals surface area (Å²) in [5.74, 6) is -0.872. The van der Waals surface area contributed by atoms with Gasteiger partial charge in [0.25, 0.3) is 0 Å². The van der Waals surface area contributed by atoms with Gasteiger partial charge in [-0.05, 0) is 52.0 Å². The maximum Gasteiger partial charge on any atom is 0.412 e. The molecule has 0 unspecified atom stereocenters. The van der Waals surface area contributed by atoms with Crippen molar-refractivity contribution >= 4 is 40.3 Å². The molecule has 0 spiro atoms. The van der Waals surface area contributed by atoms with E-state index >= 15 is 0 Å². The van der Waals surface area contributed by atoms with Gasteiger partial charge in [0.1, 0.15) is 16.9 Å². The molecule has 2 N–H and O–H groups in total. The van der Waals surface area contributed by atoms with E-state index in [2.05, 4.69) is 5.32 Å². The summed E-state index contributed by atoms with van der Waals surface area (Å²) in [5, 5.41) is 12.5. The quantitative estimate of drug-likeness (QED) is 0.496. The van der Waals surface area contributed by atoms with E-state index in [9.17, 15) is 14.4 Å². The molecule has 0 saturated heterocycles. The van der Waals surface area contributed by atoms with E-state index in [0.717, 1.165) is 0 Å². The third-order valence-corrected chi connectivity index (χ3v) is 4.59. The number of carbonyl (C=O) groups is 2. The minimum absolute atomic E-state index is 0.217. The molecule has 1 atom stereocenters. The lowest BCUT2D eigenvalue weighted by molar-refractivity contribution is -0.144. The predicted molar refractivity (Wildman–Crippen MR) is 121 cm³/mol. The number of fused-ring (bicyclic) bond motifs is 1. The van der Waals surface area contributed by atoms with E-state index in [1.807, 2.05) is 0 Å². The van der Waals surface area contributed by atoms with Crippen molar-refractivity contribution in [3.63, 3.8) is 0 Å². The molecule has 168 valence electrons. The third-order valence-electron chi connectivity index (χ3n) is 4.28. The second-order valence-corrected chi connectivity index (χ2v) is 8.46. The Bertz CT molecular complexity index is 1240. The zero-order chi connectivity index (χ0) is 23.6. The van der Waals surface area contributed by atoms with Crippen molar-refractivity contribution in [3.05, 3.63) is 57.9 Å².